The van der Waals surface area contributed by atoms with Crippen LogP contribution in [-0.4, -0.2) is 43.8 Å². The molecule has 0 saturated carbocycles. The van der Waals surface area contributed by atoms with Crippen molar-refractivity contribution in [2.24, 2.45) is 0 Å². The summed E-state index contributed by atoms with van der Waals surface area (Å²) >= 11 is 0. The monoisotopic (exact) mass is 247 g/mol. The van der Waals surface area contributed by atoms with E-state index < -0.39 is 5.97 Å². The van der Waals surface area contributed by atoms with Gasteiger partial charge >= 0.3 is 5.97 Å². The zero-order valence-corrected chi connectivity index (χ0v) is 9.36. The van der Waals surface area contributed by atoms with Gasteiger partial charge in [0.15, 0.2) is 17.2 Å². The van der Waals surface area contributed by atoms with Crippen LogP contribution in [0.25, 0.3) is 5.82 Å². The molecule has 0 bridgehead atoms. The lowest BCUT2D eigenvalue weighted by atomic mass is 10.4. The molecule has 2 rings (SSSR count). The quantitative estimate of drug-likeness (QED) is 0.771. The first-order valence-electron chi connectivity index (χ1n) is 4.95. The Balaban J connectivity index is 2.37. The summed E-state index contributed by atoms with van der Waals surface area (Å²) in [5.74, 6) is -1.29. The number of amides is 1. The van der Waals surface area contributed by atoms with Crippen molar-refractivity contribution in [1.29, 1.82) is 0 Å². The molecule has 0 atom stereocenters. The molecule has 8 heteroatoms. The van der Waals surface area contributed by atoms with Crippen LogP contribution in [0.15, 0.2) is 24.7 Å². The molecular formula is C10H9N5O3. The van der Waals surface area contributed by atoms with Crippen molar-refractivity contribution in [2.75, 3.05) is 7.05 Å². The highest BCUT2D eigenvalue weighted by atomic mass is 16.4. The molecule has 0 radical (unpaired) electrons. The summed E-state index contributed by atoms with van der Waals surface area (Å²) in [4.78, 5) is 29.7. The number of rotatable bonds is 3. The van der Waals surface area contributed by atoms with E-state index in [0.29, 0.717) is 0 Å². The first-order chi connectivity index (χ1) is 8.61. The number of aromatic carboxylic acids is 1. The van der Waals surface area contributed by atoms with Gasteiger partial charge in [-0.15, -0.1) is 0 Å². The Labute approximate surface area is 101 Å². The highest BCUT2D eigenvalue weighted by molar-refractivity contribution is 5.91. The summed E-state index contributed by atoms with van der Waals surface area (Å²) in [5, 5.41) is 15.2. The van der Waals surface area contributed by atoms with Crippen LogP contribution in [0.2, 0.25) is 0 Å². The van der Waals surface area contributed by atoms with Crippen LogP contribution in [0.3, 0.4) is 0 Å². The number of carbonyl (C=O) groups excluding carboxylic acids is 1. The molecule has 18 heavy (non-hydrogen) atoms. The van der Waals surface area contributed by atoms with E-state index in [1.54, 1.807) is 0 Å². The third-order valence-electron chi connectivity index (χ3n) is 2.12. The summed E-state index contributed by atoms with van der Waals surface area (Å²) in [6.07, 6.45) is 3.99. The van der Waals surface area contributed by atoms with Crippen molar-refractivity contribution in [3.05, 3.63) is 36.0 Å². The summed E-state index contributed by atoms with van der Waals surface area (Å²) in [5.41, 5.74) is 0.0181. The molecule has 1 amide bonds. The van der Waals surface area contributed by atoms with Crippen molar-refractivity contribution in [3.8, 4) is 5.82 Å². The average Bonchev–Trinajstić information content (AvgIpc) is 2.87. The van der Waals surface area contributed by atoms with Gasteiger partial charge in [-0.3, -0.25) is 9.78 Å². The van der Waals surface area contributed by atoms with Gasteiger partial charge in [0.25, 0.3) is 5.91 Å². The van der Waals surface area contributed by atoms with Crippen LogP contribution in [0.5, 0.6) is 0 Å². The molecule has 2 N–H and O–H groups in total. The van der Waals surface area contributed by atoms with E-state index in [-0.39, 0.29) is 23.1 Å². The molecule has 0 saturated heterocycles. The Kier molecular flexibility index (Phi) is 3.00. The number of carbonyl (C=O) groups is 2. The van der Waals surface area contributed by atoms with Crippen LogP contribution in [0, 0.1) is 0 Å². The van der Waals surface area contributed by atoms with Crippen molar-refractivity contribution < 1.29 is 14.7 Å². The fraction of sp³-hybridized carbons (Fsp3) is 0.100. The van der Waals surface area contributed by atoms with Gasteiger partial charge in [0, 0.05) is 13.2 Å². The van der Waals surface area contributed by atoms with Crippen molar-refractivity contribution >= 4 is 11.9 Å². The first kappa shape index (κ1) is 11.7. The number of aromatic nitrogens is 4. The lowest BCUT2D eigenvalue weighted by molar-refractivity contribution is 0.0689. The molecule has 0 unspecified atom stereocenters. The van der Waals surface area contributed by atoms with Gasteiger partial charge in [0.05, 0.1) is 12.4 Å². The van der Waals surface area contributed by atoms with Crippen molar-refractivity contribution in [1.82, 2.24) is 25.1 Å². The number of hydrogen-bond donors (Lipinski definition) is 2. The number of carboxylic acids is 1. The van der Waals surface area contributed by atoms with Gasteiger partial charge in [-0.05, 0) is 6.07 Å². The third kappa shape index (κ3) is 2.17. The number of nitrogens with zero attached hydrogens (tertiary/aromatic N) is 4. The molecule has 0 fully saturated rings. The van der Waals surface area contributed by atoms with E-state index >= 15 is 0 Å². The lowest BCUT2D eigenvalue weighted by Gasteiger charge is -2.00. The number of carboxylic acid groups (broad SMARTS) is 1. The summed E-state index contributed by atoms with van der Waals surface area (Å²) < 4.78 is 1.28. The van der Waals surface area contributed by atoms with E-state index in [1.165, 1.54) is 30.2 Å². The summed E-state index contributed by atoms with van der Waals surface area (Å²) in [7, 11) is 1.49. The van der Waals surface area contributed by atoms with E-state index in [0.717, 1.165) is 6.20 Å². The normalized spacial score (nSPS) is 10.1. The maximum atomic E-state index is 11.3. The topological polar surface area (TPSA) is 110 Å². The van der Waals surface area contributed by atoms with Gasteiger partial charge in [-0.2, -0.15) is 5.10 Å². The second kappa shape index (κ2) is 4.62. The lowest BCUT2D eigenvalue weighted by Crippen LogP contribution is -2.18. The van der Waals surface area contributed by atoms with Crippen LogP contribution in [-0.2, 0) is 0 Å². The fourth-order valence-electron chi connectivity index (χ4n) is 1.27. The highest BCUT2D eigenvalue weighted by Gasteiger charge is 2.11. The molecule has 2 aromatic heterocycles. The fourth-order valence-corrected chi connectivity index (χ4v) is 1.27. The Morgan fingerprint density at radius 1 is 1.33 bits per heavy atom. The molecule has 0 aliphatic rings. The van der Waals surface area contributed by atoms with E-state index in [4.69, 9.17) is 5.11 Å². The Morgan fingerprint density at radius 2 is 2.11 bits per heavy atom. The van der Waals surface area contributed by atoms with Gasteiger partial charge in [-0.1, -0.05) is 0 Å². The van der Waals surface area contributed by atoms with Crippen LogP contribution in [0.1, 0.15) is 21.0 Å². The van der Waals surface area contributed by atoms with Gasteiger partial charge in [-0.25, -0.2) is 14.5 Å². The van der Waals surface area contributed by atoms with Gasteiger partial charge in [0.2, 0.25) is 0 Å². The number of hydrogen-bond acceptors (Lipinski definition) is 5. The van der Waals surface area contributed by atoms with Gasteiger partial charge in [0.1, 0.15) is 0 Å². The Morgan fingerprint density at radius 3 is 2.78 bits per heavy atom. The van der Waals surface area contributed by atoms with Crippen LogP contribution >= 0.6 is 0 Å². The van der Waals surface area contributed by atoms with E-state index in [9.17, 15) is 9.59 Å². The van der Waals surface area contributed by atoms with Crippen LogP contribution < -0.4 is 5.32 Å². The SMILES string of the molecule is CNC(=O)c1ccn(-c2cncc(C(=O)O)n2)n1. The molecule has 2 heterocycles. The zero-order chi connectivity index (χ0) is 13.1. The molecule has 0 aliphatic heterocycles. The second-order valence-corrected chi connectivity index (χ2v) is 3.29. The van der Waals surface area contributed by atoms with E-state index in [2.05, 4.69) is 20.4 Å². The number of nitrogens with one attached hydrogen (secondary N) is 1. The highest BCUT2D eigenvalue weighted by Crippen LogP contribution is 2.04. The molecule has 92 valence electrons. The minimum Gasteiger partial charge on any atom is -0.476 e. The second-order valence-electron chi connectivity index (χ2n) is 3.29. The van der Waals surface area contributed by atoms with Crippen molar-refractivity contribution in [3.63, 3.8) is 0 Å². The maximum absolute atomic E-state index is 11.3. The molecule has 0 aliphatic carbocycles. The molecule has 2 aromatic rings. The molecule has 0 aromatic carbocycles. The minimum absolute atomic E-state index is 0.190. The van der Waals surface area contributed by atoms with E-state index in [1.807, 2.05) is 0 Å². The van der Waals surface area contributed by atoms with Crippen molar-refractivity contribution in [2.45, 2.75) is 0 Å². The standard InChI is InChI=1S/C10H9N5O3/c1-11-9(16)6-2-3-15(14-6)8-5-12-4-7(13-8)10(17)18/h2-5H,1H3,(H,11,16)(H,17,18). The largest absolute Gasteiger partial charge is 0.476 e. The Hall–Kier alpha value is -2.77. The average molecular weight is 247 g/mol. The predicted octanol–water partition coefficient (Wildman–Crippen LogP) is -0.280. The molecule has 0 spiro atoms. The smallest absolute Gasteiger partial charge is 0.356 e. The molecule has 8 nitrogen and oxygen atoms in total. The van der Waals surface area contributed by atoms with Crippen LogP contribution in [0.4, 0.5) is 0 Å². The predicted molar refractivity (Wildman–Crippen MR) is 59.5 cm³/mol. The zero-order valence-electron chi connectivity index (χ0n) is 9.36. The maximum Gasteiger partial charge on any atom is 0.356 e. The summed E-state index contributed by atoms with van der Waals surface area (Å²) in [6.45, 7) is 0. The third-order valence-corrected chi connectivity index (χ3v) is 2.12. The Bertz CT molecular complexity index is 607. The first-order valence-corrected chi connectivity index (χ1v) is 4.95. The minimum atomic E-state index is -1.18. The van der Waals surface area contributed by atoms with Gasteiger partial charge < -0.3 is 10.4 Å². The molecular weight excluding hydrogens is 238 g/mol. The summed E-state index contributed by atoms with van der Waals surface area (Å²) in [6, 6.07) is 1.49.